The van der Waals surface area contributed by atoms with Gasteiger partial charge >= 0.3 is 0 Å². The number of hydrogen-bond acceptors (Lipinski definition) is 5. The Morgan fingerprint density at radius 2 is 2.03 bits per heavy atom. The summed E-state index contributed by atoms with van der Waals surface area (Å²) in [6, 6.07) is 13.4. The van der Waals surface area contributed by atoms with Crippen LogP contribution in [0, 0.1) is 11.3 Å². The SMILES string of the molecule is C[Si](C)(C)CCOCn1cnc2c(N3CC(C#N)=Cc4cccnc43)cccc21. The first-order valence-electron chi connectivity index (χ1n) is 9.81. The molecule has 3 heterocycles. The molecule has 0 aliphatic carbocycles. The van der Waals surface area contributed by atoms with Crippen molar-refractivity contribution in [2.24, 2.45) is 0 Å². The van der Waals surface area contributed by atoms with E-state index in [0.717, 1.165) is 40.8 Å². The highest BCUT2D eigenvalue weighted by Gasteiger charge is 2.23. The van der Waals surface area contributed by atoms with Crippen LogP contribution < -0.4 is 4.90 Å². The second kappa shape index (κ2) is 7.82. The summed E-state index contributed by atoms with van der Waals surface area (Å²) in [5.41, 5.74) is 4.50. The van der Waals surface area contributed by atoms with Gasteiger partial charge in [0.05, 0.1) is 35.7 Å². The van der Waals surface area contributed by atoms with Crippen LogP contribution in [0.5, 0.6) is 0 Å². The van der Waals surface area contributed by atoms with Crippen molar-refractivity contribution < 1.29 is 4.74 Å². The van der Waals surface area contributed by atoms with Crippen LogP contribution >= 0.6 is 0 Å². The smallest absolute Gasteiger partial charge is 0.140 e. The number of rotatable bonds is 6. The average molecular weight is 404 g/mol. The molecule has 148 valence electrons. The van der Waals surface area contributed by atoms with E-state index in [9.17, 15) is 5.26 Å². The summed E-state index contributed by atoms with van der Waals surface area (Å²) in [5.74, 6) is 0.847. The Labute approximate surface area is 172 Å². The van der Waals surface area contributed by atoms with Gasteiger partial charge in [-0.2, -0.15) is 5.26 Å². The van der Waals surface area contributed by atoms with Crippen molar-refractivity contribution in [1.29, 1.82) is 5.26 Å². The van der Waals surface area contributed by atoms with Crippen LogP contribution in [0.2, 0.25) is 25.7 Å². The number of pyridine rings is 1. The second-order valence-corrected chi connectivity index (χ2v) is 14.1. The Morgan fingerprint density at radius 3 is 2.83 bits per heavy atom. The van der Waals surface area contributed by atoms with Crippen molar-refractivity contribution in [3.63, 3.8) is 0 Å². The number of ether oxygens (including phenoxy) is 1. The molecule has 0 fully saturated rings. The average Bonchev–Trinajstić information content (AvgIpc) is 3.13. The Morgan fingerprint density at radius 1 is 1.17 bits per heavy atom. The van der Waals surface area contributed by atoms with Gasteiger partial charge in [-0.05, 0) is 36.4 Å². The van der Waals surface area contributed by atoms with E-state index in [1.165, 1.54) is 0 Å². The van der Waals surface area contributed by atoms with Gasteiger partial charge in [0.2, 0.25) is 0 Å². The van der Waals surface area contributed by atoms with Crippen molar-refractivity contribution in [2.45, 2.75) is 32.4 Å². The third-order valence-corrected chi connectivity index (χ3v) is 6.73. The third-order valence-electron chi connectivity index (χ3n) is 5.02. The molecular weight excluding hydrogens is 378 g/mol. The molecule has 0 saturated carbocycles. The zero-order valence-corrected chi connectivity index (χ0v) is 18.1. The van der Waals surface area contributed by atoms with Gasteiger partial charge in [-0.15, -0.1) is 0 Å². The molecule has 0 spiro atoms. The number of benzene rings is 1. The van der Waals surface area contributed by atoms with Crippen molar-refractivity contribution >= 4 is 36.7 Å². The van der Waals surface area contributed by atoms with Gasteiger partial charge in [-0.3, -0.25) is 0 Å². The normalized spacial score (nSPS) is 13.9. The van der Waals surface area contributed by atoms with Crippen LogP contribution in [0.25, 0.3) is 17.1 Å². The predicted molar refractivity (Wildman–Crippen MR) is 119 cm³/mol. The summed E-state index contributed by atoms with van der Waals surface area (Å²) in [4.78, 5) is 11.3. The highest BCUT2D eigenvalue weighted by molar-refractivity contribution is 6.76. The monoisotopic (exact) mass is 403 g/mol. The van der Waals surface area contributed by atoms with Crippen LogP contribution in [-0.4, -0.2) is 35.8 Å². The van der Waals surface area contributed by atoms with Gasteiger partial charge in [0.15, 0.2) is 0 Å². The Kier molecular flexibility index (Phi) is 5.22. The van der Waals surface area contributed by atoms with Gasteiger partial charge in [0.1, 0.15) is 18.1 Å². The first-order chi connectivity index (χ1) is 14.0. The third kappa shape index (κ3) is 4.09. The molecule has 0 amide bonds. The molecule has 6 nitrogen and oxygen atoms in total. The Bertz CT molecular complexity index is 1110. The lowest BCUT2D eigenvalue weighted by molar-refractivity contribution is 0.0898. The lowest BCUT2D eigenvalue weighted by Crippen LogP contribution is -2.24. The fraction of sp³-hybridized carbons (Fsp3) is 0.318. The van der Waals surface area contributed by atoms with Crippen molar-refractivity contribution in [2.75, 3.05) is 18.1 Å². The molecule has 1 aromatic carbocycles. The maximum absolute atomic E-state index is 9.48. The first-order valence-corrected chi connectivity index (χ1v) is 13.5. The lowest BCUT2D eigenvalue weighted by Gasteiger charge is -2.28. The van der Waals surface area contributed by atoms with Crippen LogP contribution in [0.4, 0.5) is 11.5 Å². The van der Waals surface area contributed by atoms with Gasteiger partial charge in [0, 0.05) is 26.4 Å². The molecule has 0 bridgehead atoms. The van der Waals surface area contributed by atoms with E-state index >= 15 is 0 Å². The van der Waals surface area contributed by atoms with Crippen LogP contribution in [0.3, 0.4) is 0 Å². The highest BCUT2D eigenvalue weighted by Crippen LogP contribution is 2.36. The molecular formula is C22H25N5OSi. The fourth-order valence-electron chi connectivity index (χ4n) is 3.43. The topological polar surface area (TPSA) is 67.0 Å². The summed E-state index contributed by atoms with van der Waals surface area (Å²) < 4.78 is 7.95. The van der Waals surface area contributed by atoms with E-state index in [4.69, 9.17) is 4.74 Å². The number of imidazole rings is 1. The van der Waals surface area contributed by atoms with Crippen LogP contribution in [-0.2, 0) is 11.5 Å². The summed E-state index contributed by atoms with van der Waals surface area (Å²) in [7, 11) is -1.10. The molecule has 0 N–H and O–H groups in total. The highest BCUT2D eigenvalue weighted by atomic mass is 28.3. The zero-order chi connectivity index (χ0) is 20.4. The van der Waals surface area contributed by atoms with E-state index in [2.05, 4.69) is 46.6 Å². The molecule has 0 atom stereocenters. The molecule has 29 heavy (non-hydrogen) atoms. The fourth-order valence-corrected chi connectivity index (χ4v) is 4.18. The minimum absolute atomic E-state index is 0.485. The van der Waals surface area contributed by atoms with E-state index < -0.39 is 8.07 Å². The maximum Gasteiger partial charge on any atom is 0.140 e. The van der Waals surface area contributed by atoms with Crippen LogP contribution in [0.1, 0.15) is 5.56 Å². The minimum atomic E-state index is -1.10. The molecule has 0 radical (unpaired) electrons. The van der Waals surface area contributed by atoms with Crippen molar-refractivity contribution in [1.82, 2.24) is 14.5 Å². The summed E-state index contributed by atoms with van der Waals surface area (Å²) in [6.07, 6.45) is 5.51. The molecule has 0 unspecified atom stereocenters. The van der Waals surface area contributed by atoms with Crippen molar-refractivity contribution in [3.8, 4) is 6.07 Å². The van der Waals surface area contributed by atoms with Gasteiger partial charge in [-0.25, -0.2) is 9.97 Å². The maximum atomic E-state index is 9.48. The van der Waals surface area contributed by atoms with Crippen LogP contribution in [0.15, 0.2) is 48.4 Å². The molecule has 7 heteroatoms. The van der Waals surface area contributed by atoms with E-state index in [-0.39, 0.29) is 0 Å². The lowest BCUT2D eigenvalue weighted by atomic mass is 10.1. The molecule has 4 rings (SSSR count). The molecule has 1 aliphatic rings. The Hall–Kier alpha value is -2.95. The zero-order valence-electron chi connectivity index (χ0n) is 17.1. The largest absolute Gasteiger partial charge is 0.361 e. The molecule has 1 aliphatic heterocycles. The summed E-state index contributed by atoms with van der Waals surface area (Å²) >= 11 is 0. The number of aromatic nitrogens is 3. The van der Waals surface area contributed by atoms with Gasteiger partial charge in [0.25, 0.3) is 0 Å². The number of nitriles is 1. The van der Waals surface area contributed by atoms with Gasteiger partial charge < -0.3 is 14.2 Å². The first kappa shape index (κ1) is 19.4. The number of para-hydroxylation sites is 1. The Balaban J connectivity index is 1.64. The van der Waals surface area contributed by atoms with Crippen molar-refractivity contribution in [3.05, 3.63) is 54.0 Å². The quantitative estimate of drug-likeness (QED) is 0.437. The second-order valence-electron chi connectivity index (χ2n) is 8.49. The summed E-state index contributed by atoms with van der Waals surface area (Å²) in [5, 5.41) is 9.48. The molecule has 3 aromatic rings. The van der Waals surface area contributed by atoms with E-state index in [1.807, 2.05) is 41.2 Å². The number of anilines is 2. The number of fused-ring (bicyclic) bond motifs is 2. The number of hydrogen-bond donors (Lipinski definition) is 0. The summed E-state index contributed by atoms with van der Waals surface area (Å²) in [6.45, 7) is 8.80. The van der Waals surface area contributed by atoms with E-state index in [1.54, 1.807) is 6.20 Å². The number of nitrogens with zero attached hydrogens (tertiary/aromatic N) is 5. The van der Waals surface area contributed by atoms with E-state index in [0.29, 0.717) is 18.8 Å². The standard InChI is InChI=1S/C22H25N5OSi/c1-29(2,3)11-10-28-16-26-15-25-21-19(26)7-4-8-20(21)27-14-17(13-23)12-18-6-5-9-24-22(18)27/h4-9,12,15H,10-11,14,16H2,1-3H3. The van der Waals surface area contributed by atoms with Gasteiger partial charge in [-0.1, -0.05) is 25.7 Å². The molecule has 0 saturated heterocycles. The molecule has 2 aromatic heterocycles. The predicted octanol–water partition coefficient (Wildman–Crippen LogP) is 4.80. The minimum Gasteiger partial charge on any atom is -0.361 e.